The zero-order chi connectivity index (χ0) is 19.9. The molecule has 0 fully saturated rings. The number of rotatable bonds is 8. The number of hydrogen-bond donors (Lipinski definition) is 4. The summed E-state index contributed by atoms with van der Waals surface area (Å²) in [6, 6.07) is 12.8. The first kappa shape index (κ1) is 22.4. The van der Waals surface area contributed by atoms with Gasteiger partial charge in [0.15, 0.2) is 0 Å². The van der Waals surface area contributed by atoms with Gasteiger partial charge < -0.3 is 21.7 Å². The molecular weight excluding hydrogens is 392 g/mol. The average Bonchev–Trinajstić information content (AvgIpc) is 3.05. The molecule has 0 aliphatic carbocycles. The van der Waals surface area contributed by atoms with E-state index in [2.05, 4.69) is 16.0 Å². The number of para-hydroxylation sites is 1. The SMILES string of the molecule is Cl.NCCNC(=O)c1ccccc1NC(=O)CCCc1ccc2c(c1)CC(=O)N2. The fourth-order valence-corrected chi connectivity index (χ4v) is 3.17. The predicted octanol–water partition coefficient (Wildman–Crippen LogP) is 2.25. The van der Waals surface area contributed by atoms with Crippen molar-refractivity contribution in [2.24, 2.45) is 5.73 Å². The molecule has 154 valence electrons. The quantitative estimate of drug-likeness (QED) is 0.528. The van der Waals surface area contributed by atoms with Crippen molar-refractivity contribution in [1.82, 2.24) is 5.32 Å². The van der Waals surface area contributed by atoms with E-state index in [-0.39, 0.29) is 30.1 Å². The van der Waals surface area contributed by atoms with Gasteiger partial charge >= 0.3 is 0 Å². The van der Waals surface area contributed by atoms with E-state index >= 15 is 0 Å². The molecule has 0 saturated heterocycles. The van der Waals surface area contributed by atoms with Gasteiger partial charge in [-0.15, -0.1) is 12.4 Å². The fraction of sp³-hybridized carbons (Fsp3) is 0.286. The van der Waals surface area contributed by atoms with E-state index in [1.165, 1.54) is 0 Å². The summed E-state index contributed by atoms with van der Waals surface area (Å²) in [6.07, 6.45) is 2.17. The Morgan fingerprint density at radius 3 is 2.72 bits per heavy atom. The second-order valence-electron chi connectivity index (χ2n) is 6.71. The van der Waals surface area contributed by atoms with Gasteiger partial charge in [-0.1, -0.05) is 24.3 Å². The normalized spacial score (nSPS) is 11.8. The highest BCUT2D eigenvalue weighted by atomic mass is 35.5. The van der Waals surface area contributed by atoms with Gasteiger partial charge in [0.25, 0.3) is 5.91 Å². The minimum atomic E-state index is -0.261. The summed E-state index contributed by atoms with van der Waals surface area (Å²) in [4.78, 5) is 35.9. The van der Waals surface area contributed by atoms with Gasteiger partial charge in [0.05, 0.1) is 17.7 Å². The number of nitrogens with one attached hydrogen (secondary N) is 3. The molecule has 2 aromatic carbocycles. The summed E-state index contributed by atoms with van der Waals surface area (Å²) in [6.45, 7) is 0.732. The van der Waals surface area contributed by atoms with Gasteiger partial charge in [-0.2, -0.15) is 0 Å². The molecule has 1 aliphatic heterocycles. The number of anilines is 2. The lowest BCUT2D eigenvalue weighted by atomic mass is 10.0. The van der Waals surface area contributed by atoms with Gasteiger partial charge in [-0.3, -0.25) is 14.4 Å². The minimum absolute atomic E-state index is 0. The van der Waals surface area contributed by atoms with Crippen LogP contribution in [0.2, 0.25) is 0 Å². The monoisotopic (exact) mass is 416 g/mol. The minimum Gasteiger partial charge on any atom is -0.351 e. The van der Waals surface area contributed by atoms with E-state index in [0.29, 0.717) is 43.6 Å². The predicted molar refractivity (Wildman–Crippen MR) is 115 cm³/mol. The highest BCUT2D eigenvalue weighted by Gasteiger charge is 2.17. The number of aryl methyl sites for hydroxylation is 1. The van der Waals surface area contributed by atoms with Crippen molar-refractivity contribution in [3.8, 4) is 0 Å². The van der Waals surface area contributed by atoms with E-state index in [1.807, 2.05) is 18.2 Å². The van der Waals surface area contributed by atoms with Crippen LogP contribution in [-0.4, -0.2) is 30.8 Å². The maximum atomic E-state index is 12.3. The van der Waals surface area contributed by atoms with Crippen LogP contribution >= 0.6 is 12.4 Å². The number of benzene rings is 2. The van der Waals surface area contributed by atoms with Gasteiger partial charge in [0.2, 0.25) is 11.8 Å². The Balaban J connectivity index is 0.00000300. The van der Waals surface area contributed by atoms with E-state index in [9.17, 15) is 14.4 Å². The third-order valence-corrected chi connectivity index (χ3v) is 4.54. The number of halogens is 1. The van der Waals surface area contributed by atoms with E-state index in [0.717, 1.165) is 23.2 Å². The van der Waals surface area contributed by atoms with Crippen molar-refractivity contribution in [3.05, 3.63) is 59.2 Å². The highest BCUT2D eigenvalue weighted by molar-refractivity contribution is 6.03. The number of hydrogen-bond acceptors (Lipinski definition) is 4. The van der Waals surface area contributed by atoms with Crippen LogP contribution in [0.5, 0.6) is 0 Å². The molecular formula is C21H25ClN4O3. The van der Waals surface area contributed by atoms with E-state index < -0.39 is 0 Å². The van der Waals surface area contributed by atoms with Crippen LogP contribution in [0, 0.1) is 0 Å². The zero-order valence-corrected chi connectivity index (χ0v) is 16.8. The standard InChI is InChI=1S/C21H24N4O3.ClH/c22-10-11-23-21(28)16-5-1-2-6-18(16)25-19(26)7-3-4-14-8-9-17-15(12-14)13-20(27)24-17;/h1-2,5-6,8-9,12H,3-4,7,10-11,13,22H2,(H,23,28)(H,24,27)(H,25,26);1H. The highest BCUT2D eigenvalue weighted by Crippen LogP contribution is 2.24. The molecule has 0 unspecified atom stereocenters. The van der Waals surface area contributed by atoms with Gasteiger partial charge in [0.1, 0.15) is 0 Å². The second kappa shape index (κ2) is 10.6. The summed E-state index contributed by atoms with van der Waals surface area (Å²) >= 11 is 0. The molecule has 7 nitrogen and oxygen atoms in total. The van der Waals surface area contributed by atoms with Crippen molar-refractivity contribution in [2.75, 3.05) is 23.7 Å². The summed E-state index contributed by atoms with van der Waals surface area (Å²) in [5.74, 6) is -0.389. The molecule has 8 heteroatoms. The smallest absolute Gasteiger partial charge is 0.253 e. The lowest BCUT2D eigenvalue weighted by molar-refractivity contribution is -0.116. The van der Waals surface area contributed by atoms with Crippen molar-refractivity contribution < 1.29 is 14.4 Å². The topological polar surface area (TPSA) is 113 Å². The Kier molecular flexibility index (Phi) is 8.18. The van der Waals surface area contributed by atoms with E-state index in [1.54, 1.807) is 24.3 Å². The lowest BCUT2D eigenvalue weighted by Crippen LogP contribution is -2.29. The van der Waals surface area contributed by atoms with Crippen LogP contribution in [0.4, 0.5) is 11.4 Å². The largest absolute Gasteiger partial charge is 0.351 e. The molecule has 0 bridgehead atoms. The van der Waals surface area contributed by atoms with Crippen molar-refractivity contribution in [1.29, 1.82) is 0 Å². The second-order valence-corrected chi connectivity index (χ2v) is 6.71. The fourth-order valence-electron chi connectivity index (χ4n) is 3.17. The Bertz CT molecular complexity index is 901. The summed E-state index contributed by atoms with van der Waals surface area (Å²) in [5, 5.41) is 8.33. The maximum Gasteiger partial charge on any atom is 0.253 e. The van der Waals surface area contributed by atoms with Crippen molar-refractivity contribution >= 4 is 41.5 Å². The molecule has 1 heterocycles. The van der Waals surface area contributed by atoms with Crippen molar-refractivity contribution in [3.63, 3.8) is 0 Å². The number of fused-ring (bicyclic) bond motifs is 1. The Labute approximate surface area is 175 Å². The summed E-state index contributed by atoms with van der Waals surface area (Å²) in [5.41, 5.74) is 9.29. The Hall–Kier alpha value is -2.90. The van der Waals surface area contributed by atoms with Crippen molar-refractivity contribution in [2.45, 2.75) is 25.7 Å². The van der Waals surface area contributed by atoms with Gasteiger partial charge in [0, 0.05) is 25.2 Å². The third-order valence-electron chi connectivity index (χ3n) is 4.54. The van der Waals surface area contributed by atoms with Gasteiger partial charge in [-0.05, 0) is 42.2 Å². The molecule has 0 saturated carbocycles. The molecule has 3 amide bonds. The third kappa shape index (κ3) is 6.04. The molecule has 2 aromatic rings. The molecule has 0 radical (unpaired) electrons. The van der Waals surface area contributed by atoms with Gasteiger partial charge in [-0.25, -0.2) is 0 Å². The molecule has 29 heavy (non-hydrogen) atoms. The first-order chi connectivity index (χ1) is 13.6. The molecule has 5 N–H and O–H groups in total. The molecule has 0 aromatic heterocycles. The number of carbonyl (C=O) groups is 3. The van der Waals surface area contributed by atoms with Crippen LogP contribution in [0.3, 0.4) is 0 Å². The maximum absolute atomic E-state index is 12.3. The van der Waals surface area contributed by atoms with Crippen LogP contribution in [0.25, 0.3) is 0 Å². The number of amides is 3. The molecule has 0 atom stereocenters. The molecule has 3 rings (SSSR count). The summed E-state index contributed by atoms with van der Waals surface area (Å²) < 4.78 is 0. The van der Waals surface area contributed by atoms with E-state index in [4.69, 9.17) is 5.73 Å². The average molecular weight is 417 g/mol. The first-order valence-electron chi connectivity index (χ1n) is 9.35. The molecule has 1 aliphatic rings. The summed E-state index contributed by atoms with van der Waals surface area (Å²) in [7, 11) is 0. The number of nitrogens with two attached hydrogens (primary N) is 1. The molecule has 0 spiro atoms. The zero-order valence-electron chi connectivity index (χ0n) is 16.0. The lowest BCUT2D eigenvalue weighted by Gasteiger charge is -2.11. The van der Waals surface area contributed by atoms with Crippen LogP contribution in [0.15, 0.2) is 42.5 Å². The first-order valence-corrected chi connectivity index (χ1v) is 9.35. The Morgan fingerprint density at radius 1 is 1.14 bits per heavy atom. The van der Waals surface area contributed by atoms with Crippen LogP contribution in [-0.2, 0) is 22.4 Å². The Morgan fingerprint density at radius 2 is 1.93 bits per heavy atom. The number of carbonyl (C=O) groups excluding carboxylic acids is 3. The van der Waals surface area contributed by atoms with Crippen LogP contribution in [0.1, 0.15) is 34.3 Å². The van der Waals surface area contributed by atoms with Crippen LogP contribution < -0.4 is 21.7 Å².